The Labute approximate surface area is 121 Å². The molecule has 6 heteroatoms. The summed E-state index contributed by atoms with van der Waals surface area (Å²) in [7, 11) is 0. The lowest BCUT2D eigenvalue weighted by Gasteiger charge is -1.98. The third kappa shape index (κ3) is 12.8. The molecule has 106 valence electrons. The van der Waals surface area contributed by atoms with Crippen molar-refractivity contribution in [3.05, 3.63) is 60.7 Å². The molecule has 0 radical (unpaired) electrons. The van der Waals surface area contributed by atoms with Gasteiger partial charge in [-0.3, -0.25) is 0 Å². The minimum absolute atomic E-state index is 0.750. The number of benzene rings is 2. The Balaban J connectivity index is 0. The fraction of sp³-hybridized carbons (Fsp3) is 0. The molecule has 0 spiro atoms. The lowest BCUT2D eigenvalue weighted by Crippen LogP contribution is -1.73. The summed E-state index contributed by atoms with van der Waals surface area (Å²) in [6, 6.07) is 20.8. The Kier molecular flexibility index (Phi) is 15.7. The van der Waals surface area contributed by atoms with Crippen molar-refractivity contribution in [2.24, 2.45) is 0 Å². The number of isocyanates is 3. The van der Waals surface area contributed by atoms with E-state index in [0.29, 0.717) is 0 Å². The van der Waals surface area contributed by atoms with Crippen molar-refractivity contribution in [1.82, 2.24) is 0 Å². The largest absolute Gasteiger partial charge is 0.231 e. The van der Waals surface area contributed by atoms with Gasteiger partial charge >= 0.3 is 0 Å². The zero-order valence-electron chi connectivity index (χ0n) is 11.0. The van der Waals surface area contributed by atoms with Gasteiger partial charge in [0.05, 0.1) is 0 Å². The van der Waals surface area contributed by atoms with Gasteiger partial charge in [-0.1, -0.05) is 60.7 Å². The molecular formula is C15H13N3O3. The van der Waals surface area contributed by atoms with E-state index in [-0.39, 0.29) is 0 Å². The molecule has 3 N–H and O–H groups in total. The Bertz CT molecular complexity index is 514. The van der Waals surface area contributed by atoms with Crippen LogP contribution < -0.4 is 0 Å². The lowest BCUT2D eigenvalue weighted by atomic mass is 10.1. The molecule has 0 aliphatic carbocycles. The average Bonchev–Trinajstić information content (AvgIpc) is 2.51. The van der Waals surface area contributed by atoms with Crippen LogP contribution in [0.2, 0.25) is 0 Å². The van der Waals surface area contributed by atoms with E-state index in [9.17, 15) is 0 Å². The van der Waals surface area contributed by atoms with Crippen LogP contribution in [0.1, 0.15) is 0 Å². The zero-order chi connectivity index (χ0) is 16.3. The Morgan fingerprint density at radius 3 is 0.905 bits per heavy atom. The van der Waals surface area contributed by atoms with Crippen LogP contribution in [0, 0.1) is 16.2 Å². The predicted molar refractivity (Wildman–Crippen MR) is 77.1 cm³/mol. The van der Waals surface area contributed by atoms with E-state index >= 15 is 0 Å². The van der Waals surface area contributed by atoms with Crippen LogP contribution >= 0.6 is 0 Å². The van der Waals surface area contributed by atoms with Crippen LogP contribution in [0.15, 0.2) is 60.7 Å². The molecule has 0 aliphatic rings. The Morgan fingerprint density at radius 1 is 0.524 bits per heavy atom. The molecule has 6 nitrogen and oxygen atoms in total. The topological polar surface area (TPSA) is 123 Å². The third-order valence-electron chi connectivity index (χ3n) is 1.88. The highest BCUT2D eigenvalue weighted by atomic mass is 16.1. The summed E-state index contributed by atoms with van der Waals surface area (Å²) in [5, 5.41) is 16.2. The summed E-state index contributed by atoms with van der Waals surface area (Å²) in [6.45, 7) is 0. The van der Waals surface area contributed by atoms with Crippen molar-refractivity contribution in [3.8, 4) is 11.1 Å². The summed E-state index contributed by atoms with van der Waals surface area (Å²) >= 11 is 0. The first-order chi connectivity index (χ1) is 10.2. The molecule has 21 heavy (non-hydrogen) atoms. The monoisotopic (exact) mass is 283 g/mol. The van der Waals surface area contributed by atoms with Crippen molar-refractivity contribution < 1.29 is 14.4 Å². The van der Waals surface area contributed by atoms with Gasteiger partial charge in [-0.25, -0.2) is 30.6 Å². The summed E-state index contributed by atoms with van der Waals surface area (Å²) < 4.78 is 0. The molecule has 2 aromatic rings. The SMILES string of the molecule is N=C=O.N=C=O.N=C=O.c1ccc(-c2ccccc2)cc1. The van der Waals surface area contributed by atoms with E-state index < -0.39 is 0 Å². The minimum atomic E-state index is 0.750. The van der Waals surface area contributed by atoms with Crippen molar-refractivity contribution in [3.63, 3.8) is 0 Å². The molecule has 0 unspecified atom stereocenters. The van der Waals surface area contributed by atoms with Crippen molar-refractivity contribution >= 4 is 18.2 Å². The van der Waals surface area contributed by atoms with Crippen molar-refractivity contribution in [2.45, 2.75) is 0 Å². The first-order valence-electron chi connectivity index (χ1n) is 5.43. The molecular weight excluding hydrogens is 270 g/mol. The fourth-order valence-electron chi connectivity index (χ4n) is 1.26. The predicted octanol–water partition coefficient (Wildman–Crippen LogP) is 3.06. The lowest BCUT2D eigenvalue weighted by molar-refractivity contribution is 0.562. The van der Waals surface area contributed by atoms with Gasteiger partial charge in [0, 0.05) is 0 Å². The second-order valence-electron chi connectivity index (χ2n) is 3.04. The maximum absolute atomic E-state index is 8.35. The molecule has 0 aliphatic heterocycles. The quantitative estimate of drug-likeness (QED) is 0.550. The van der Waals surface area contributed by atoms with Gasteiger partial charge in [0.15, 0.2) is 0 Å². The van der Waals surface area contributed by atoms with E-state index in [1.165, 1.54) is 11.1 Å². The zero-order valence-corrected chi connectivity index (χ0v) is 11.0. The van der Waals surface area contributed by atoms with E-state index in [4.69, 9.17) is 30.6 Å². The molecule has 0 amide bonds. The second kappa shape index (κ2) is 16.6. The average molecular weight is 283 g/mol. The molecule has 0 atom stereocenters. The minimum Gasteiger partial charge on any atom is -0.222 e. The third-order valence-corrected chi connectivity index (χ3v) is 1.88. The molecule has 0 saturated heterocycles. The van der Waals surface area contributed by atoms with Crippen LogP contribution in [-0.4, -0.2) is 18.2 Å². The Morgan fingerprint density at radius 2 is 0.714 bits per heavy atom. The smallest absolute Gasteiger partial charge is 0.222 e. The molecule has 0 heterocycles. The summed E-state index contributed by atoms with van der Waals surface area (Å²) in [4.78, 5) is 25.0. The maximum atomic E-state index is 8.35. The normalized spacial score (nSPS) is 6.67. The van der Waals surface area contributed by atoms with Crippen molar-refractivity contribution in [2.75, 3.05) is 0 Å². The van der Waals surface area contributed by atoms with Crippen LogP contribution in [0.5, 0.6) is 0 Å². The molecule has 2 rings (SSSR count). The maximum Gasteiger partial charge on any atom is 0.231 e. The van der Waals surface area contributed by atoms with Gasteiger partial charge in [0.2, 0.25) is 18.2 Å². The molecule has 0 saturated carbocycles. The molecule has 2 aromatic carbocycles. The number of rotatable bonds is 1. The van der Waals surface area contributed by atoms with Gasteiger partial charge in [-0.05, 0) is 11.1 Å². The number of hydrogen-bond acceptors (Lipinski definition) is 6. The van der Waals surface area contributed by atoms with Gasteiger partial charge in [0.1, 0.15) is 0 Å². The highest BCUT2D eigenvalue weighted by molar-refractivity contribution is 5.62. The first-order valence-corrected chi connectivity index (χ1v) is 5.43. The summed E-state index contributed by atoms with van der Waals surface area (Å²) in [5.74, 6) is 0. The van der Waals surface area contributed by atoms with Crippen molar-refractivity contribution in [1.29, 1.82) is 16.2 Å². The van der Waals surface area contributed by atoms with Gasteiger partial charge in [0.25, 0.3) is 0 Å². The highest BCUT2D eigenvalue weighted by Gasteiger charge is 1.91. The fourth-order valence-corrected chi connectivity index (χ4v) is 1.26. The molecule has 0 aromatic heterocycles. The van der Waals surface area contributed by atoms with Gasteiger partial charge in [-0.15, -0.1) is 0 Å². The molecule has 0 fully saturated rings. The Hall–Kier alpha value is -3.42. The second-order valence-corrected chi connectivity index (χ2v) is 3.04. The van der Waals surface area contributed by atoms with E-state index in [1.807, 2.05) is 12.1 Å². The number of nitrogens with one attached hydrogen (secondary N) is 3. The first kappa shape index (κ1) is 19.9. The van der Waals surface area contributed by atoms with Gasteiger partial charge < -0.3 is 0 Å². The van der Waals surface area contributed by atoms with Gasteiger partial charge in [-0.2, -0.15) is 0 Å². The van der Waals surface area contributed by atoms with E-state index in [1.54, 1.807) is 0 Å². The van der Waals surface area contributed by atoms with E-state index in [0.717, 1.165) is 18.2 Å². The molecule has 0 bridgehead atoms. The van der Waals surface area contributed by atoms with Crippen LogP contribution in [0.3, 0.4) is 0 Å². The number of carbonyl (C=O) groups excluding carboxylic acids is 3. The van der Waals surface area contributed by atoms with Crippen LogP contribution in [-0.2, 0) is 14.4 Å². The van der Waals surface area contributed by atoms with E-state index in [2.05, 4.69) is 48.5 Å². The highest BCUT2D eigenvalue weighted by Crippen LogP contribution is 2.17. The van der Waals surface area contributed by atoms with Crippen LogP contribution in [0.25, 0.3) is 11.1 Å². The standard InChI is InChI=1S/C12H10.3CHNO/c1-3-7-11(8-4-1)12-9-5-2-6-10-12;3*2-1-3/h1-10H;3*2H. The summed E-state index contributed by atoms with van der Waals surface area (Å²) in [6.07, 6.45) is 2.25. The summed E-state index contributed by atoms with van der Waals surface area (Å²) in [5.41, 5.74) is 2.55. The van der Waals surface area contributed by atoms with Crippen LogP contribution in [0.4, 0.5) is 0 Å². The number of hydrogen-bond donors (Lipinski definition) is 3.